The standard InChI is InChI=1S/C10H15ClN2O2/c1-13(6-9-3-2-4-14-9)10-12-8(5-11)7-15-10/h7,9H,2-6H2,1H3. The zero-order valence-corrected chi connectivity index (χ0v) is 9.54. The first-order valence-electron chi connectivity index (χ1n) is 5.12. The van der Waals surface area contributed by atoms with Crippen molar-refractivity contribution in [1.82, 2.24) is 4.98 Å². The third-order valence-corrected chi connectivity index (χ3v) is 2.78. The highest BCUT2D eigenvalue weighted by Gasteiger charge is 2.19. The van der Waals surface area contributed by atoms with Crippen LogP contribution in [0, 0.1) is 0 Å². The number of aromatic nitrogens is 1. The lowest BCUT2D eigenvalue weighted by molar-refractivity contribution is 0.115. The van der Waals surface area contributed by atoms with Crippen molar-refractivity contribution < 1.29 is 9.15 Å². The molecule has 1 fully saturated rings. The molecular formula is C10H15ClN2O2. The molecule has 1 aliphatic heterocycles. The van der Waals surface area contributed by atoms with Gasteiger partial charge in [-0.2, -0.15) is 4.98 Å². The smallest absolute Gasteiger partial charge is 0.297 e. The highest BCUT2D eigenvalue weighted by molar-refractivity contribution is 6.16. The van der Waals surface area contributed by atoms with Crippen LogP contribution >= 0.6 is 11.6 Å². The first-order chi connectivity index (χ1) is 7.29. The Morgan fingerprint density at radius 2 is 2.53 bits per heavy atom. The molecular weight excluding hydrogens is 216 g/mol. The van der Waals surface area contributed by atoms with E-state index in [0.29, 0.717) is 18.0 Å². The van der Waals surface area contributed by atoms with Gasteiger partial charge in [-0.05, 0) is 12.8 Å². The fraction of sp³-hybridized carbons (Fsp3) is 0.700. The van der Waals surface area contributed by atoms with Gasteiger partial charge in [-0.15, -0.1) is 11.6 Å². The van der Waals surface area contributed by atoms with Crippen LogP contribution in [0.25, 0.3) is 0 Å². The second-order valence-corrected chi connectivity index (χ2v) is 4.04. The van der Waals surface area contributed by atoms with Gasteiger partial charge in [0.05, 0.1) is 17.7 Å². The van der Waals surface area contributed by atoms with E-state index in [9.17, 15) is 0 Å². The molecule has 0 aliphatic carbocycles. The average Bonchev–Trinajstić information content (AvgIpc) is 2.86. The van der Waals surface area contributed by atoms with Gasteiger partial charge in [0, 0.05) is 20.2 Å². The molecule has 84 valence electrons. The van der Waals surface area contributed by atoms with Crippen LogP contribution in [0.15, 0.2) is 10.7 Å². The molecule has 1 aromatic rings. The van der Waals surface area contributed by atoms with Crippen molar-refractivity contribution >= 4 is 17.6 Å². The molecule has 0 radical (unpaired) electrons. The van der Waals surface area contributed by atoms with Crippen molar-refractivity contribution in [2.45, 2.75) is 24.8 Å². The number of hydrogen-bond donors (Lipinski definition) is 0. The number of halogens is 1. The summed E-state index contributed by atoms with van der Waals surface area (Å²) in [7, 11) is 1.95. The van der Waals surface area contributed by atoms with E-state index < -0.39 is 0 Å². The molecule has 0 amide bonds. The number of likely N-dealkylation sites (N-methyl/N-ethyl adjacent to an activating group) is 1. The molecule has 2 heterocycles. The highest BCUT2D eigenvalue weighted by atomic mass is 35.5. The van der Waals surface area contributed by atoms with Gasteiger partial charge in [0.15, 0.2) is 0 Å². The third kappa shape index (κ3) is 2.63. The largest absolute Gasteiger partial charge is 0.432 e. The van der Waals surface area contributed by atoms with E-state index in [1.165, 1.54) is 0 Å². The van der Waals surface area contributed by atoms with Gasteiger partial charge in [0.2, 0.25) is 0 Å². The van der Waals surface area contributed by atoms with Crippen LogP contribution in [0.2, 0.25) is 0 Å². The van der Waals surface area contributed by atoms with E-state index >= 15 is 0 Å². The molecule has 5 heteroatoms. The number of rotatable bonds is 4. The van der Waals surface area contributed by atoms with Crippen molar-refractivity contribution in [2.24, 2.45) is 0 Å². The number of nitrogens with zero attached hydrogens (tertiary/aromatic N) is 2. The van der Waals surface area contributed by atoms with Crippen LogP contribution < -0.4 is 4.90 Å². The summed E-state index contributed by atoms with van der Waals surface area (Å²) in [6.45, 7) is 1.69. The molecule has 1 saturated heterocycles. The van der Waals surface area contributed by atoms with Crippen molar-refractivity contribution in [3.05, 3.63) is 12.0 Å². The maximum atomic E-state index is 5.65. The lowest BCUT2D eigenvalue weighted by atomic mass is 10.2. The van der Waals surface area contributed by atoms with Crippen molar-refractivity contribution in [2.75, 3.05) is 25.1 Å². The molecule has 1 aliphatic rings. The molecule has 2 rings (SSSR count). The van der Waals surface area contributed by atoms with E-state index in [-0.39, 0.29) is 0 Å². The number of oxazole rings is 1. The molecule has 1 atom stereocenters. The Balaban J connectivity index is 1.91. The summed E-state index contributed by atoms with van der Waals surface area (Å²) in [6, 6.07) is 0.612. The Morgan fingerprint density at radius 3 is 3.13 bits per heavy atom. The molecule has 1 unspecified atom stereocenters. The van der Waals surface area contributed by atoms with Gasteiger partial charge in [0.1, 0.15) is 6.26 Å². The van der Waals surface area contributed by atoms with Crippen LogP contribution in [0.5, 0.6) is 0 Å². The monoisotopic (exact) mass is 230 g/mol. The summed E-state index contributed by atoms with van der Waals surface area (Å²) < 4.78 is 10.8. The van der Waals surface area contributed by atoms with E-state index in [2.05, 4.69) is 4.98 Å². The van der Waals surface area contributed by atoms with Gasteiger partial charge in [-0.1, -0.05) is 0 Å². The number of anilines is 1. The minimum Gasteiger partial charge on any atom is -0.432 e. The number of alkyl halides is 1. The molecule has 0 spiro atoms. The van der Waals surface area contributed by atoms with Gasteiger partial charge in [-0.25, -0.2) is 0 Å². The minimum atomic E-state index is 0.307. The molecule has 1 aromatic heterocycles. The Hall–Kier alpha value is -0.740. The third-order valence-electron chi connectivity index (χ3n) is 2.50. The lowest BCUT2D eigenvalue weighted by Crippen LogP contribution is -2.28. The summed E-state index contributed by atoms with van der Waals surface area (Å²) in [5.41, 5.74) is 0.769. The van der Waals surface area contributed by atoms with Crippen LogP contribution in [0.3, 0.4) is 0 Å². The van der Waals surface area contributed by atoms with Gasteiger partial charge >= 0.3 is 0 Å². The molecule has 0 N–H and O–H groups in total. The summed E-state index contributed by atoms with van der Waals surface area (Å²) in [4.78, 5) is 6.21. The topological polar surface area (TPSA) is 38.5 Å². The minimum absolute atomic E-state index is 0.307. The fourth-order valence-electron chi connectivity index (χ4n) is 1.70. The van der Waals surface area contributed by atoms with Crippen molar-refractivity contribution in [1.29, 1.82) is 0 Å². The molecule has 4 nitrogen and oxygen atoms in total. The summed E-state index contributed by atoms with van der Waals surface area (Å²) >= 11 is 5.65. The quantitative estimate of drug-likeness (QED) is 0.742. The molecule has 0 saturated carbocycles. The number of ether oxygens (including phenoxy) is 1. The predicted octanol–water partition coefficient (Wildman–Crippen LogP) is 2.03. The van der Waals surface area contributed by atoms with Gasteiger partial charge in [-0.3, -0.25) is 0 Å². The fourth-order valence-corrected chi connectivity index (χ4v) is 1.83. The maximum Gasteiger partial charge on any atom is 0.297 e. The van der Waals surface area contributed by atoms with E-state index in [1.54, 1.807) is 6.26 Å². The zero-order valence-electron chi connectivity index (χ0n) is 8.78. The van der Waals surface area contributed by atoms with Gasteiger partial charge in [0.25, 0.3) is 6.01 Å². The van der Waals surface area contributed by atoms with Crippen molar-refractivity contribution in [3.8, 4) is 0 Å². The Bertz CT molecular complexity index is 310. The summed E-state index contributed by atoms with van der Waals surface area (Å²) in [5.74, 6) is 0.386. The predicted molar refractivity (Wildman–Crippen MR) is 58.3 cm³/mol. The van der Waals surface area contributed by atoms with Crippen molar-refractivity contribution in [3.63, 3.8) is 0 Å². The Kier molecular flexibility index (Phi) is 3.49. The first-order valence-corrected chi connectivity index (χ1v) is 5.66. The van der Waals surface area contributed by atoms with E-state index in [1.807, 2.05) is 11.9 Å². The summed E-state index contributed by atoms with van der Waals surface area (Å²) in [5, 5.41) is 0. The second kappa shape index (κ2) is 4.86. The highest BCUT2D eigenvalue weighted by Crippen LogP contribution is 2.17. The van der Waals surface area contributed by atoms with Crippen LogP contribution in [0.1, 0.15) is 18.5 Å². The molecule has 15 heavy (non-hydrogen) atoms. The van der Waals surface area contributed by atoms with Crippen LogP contribution in [0.4, 0.5) is 6.01 Å². The summed E-state index contributed by atoms with van der Waals surface area (Å²) in [6.07, 6.45) is 4.17. The van der Waals surface area contributed by atoms with Gasteiger partial charge < -0.3 is 14.1 Å². The lowest BCUT2D eigenvalue weighted by Gasteiger charge is -2.18. The van der Waals surface area contributed by atoms with E-state index in [0.717, 1.165) is 31.7 Å². The molecule has 0 aromatic carbocycles. The normalized spacial score (nSPS) is 20.8. The first kappa shape index (κ1) is 10.8. The Morgan fingerprint density at radius 1 is 1.67 bits per heavy atom. The number of hydrogen-bond acceptors (Lipinski definition) is 4. The molecule has 0 bridgehead atoms. The zero-order chi connectivity index (χ0) is 10.7. The van der Waals surface area contributed by atoms with E-state index in [4.69, 9.17) is 20.8 Å². The second-order valence-electron chi connectivity index (χ2n) is 3.77. The maximum absolute atomic E-state index is 5.65. The SMILES string of the molecule is CN(CC1CCCO1)c1nc(CCl)co1. The van der Waals surface area contributed by atoms with Crippen LogP contribution in [-0.4, -0.2) is 31.3 Å². The Labute approximate surface area is 94.2 Å². The van der Waals surface area contributed by atoms with Crippen LogP contribution in [-0.2, 0) is 10.6 Å². The average molecular weight is 231 g/mol.